The molecule has 2 aromatic carbocycles. The Kier molecular flexibility index (Phi) is 7.06. The van der Waals surface area contributed by atoms with Gasteiger partial charge in [0.1, 0.15) is 11.6 Å². The van der Waals surface area contributed by atoms with E-state index in [0.717, 1.165) is 16.8 Å². The molecule has 0 atom stereocenters. The molecule has 1 heterocycles. The number of amides is 2. The highest BCUT2D eigenvalue weighted by atomic mass is 32.2. The number of aromatic nitrogens is 3. The number of anilines is 2. The zero-order valence-corrected chi connectivity index (χ0v) is 18.6. The number of thioether (sulfide) groups is 1. The van der Waals surface area contributed by atoms with Gasteiger partial charge in [0.2, 0.25) is 11.8 Å². The molecule has 2 N–H and O–H groups in total. The van der Waals surface area contributed by atoms with Crippen molar-refractivity contribution in [3.63, 3.8) is 0 Å². The van der Waals surface area contributed by atoms with E-state index in [9.17, 15) is 14.0 Å². The van der Waals surface area contributed by atoms with Gasteiger partial charge in [0.25, 0.3) is 0 Å². The minimum absolute atomic E-state index is 0.0674. The summed E-state index contributed by atoms with van der Waals surface area (Å²) >= 11 is 1.21. The van der Waals surface area contributed by atoms with Crippen LogP contribution in [0.1, 0.15) is 22.5 Å². The van der Waals surface area contributed by atoms with Crippen molar-refractivity contribution in [2.75, 3.05) is 16.4 Å². The van der Waals surface area contributed by atoms with Crippen LogP contribution in [0.4, 0.5) is 15.8 Å². The smallest absolute Gasteiger partial charge is 0.234 e. The summed E-state index contributed by atoms with van der Waals surface area (Å²) in [6, 6.07) is 9.93. The van der Waals surface area contributed by atoms with Crippen molar-refractivity contribution in [3.8, 4) is 0 Å². The quantitative estimate of drug-likeness (QED) is 0.545. The lowest BCUT2D eigenvalue weighted by Crippen LogP contribution is -2.17. The third-order valence-electron chi connectivity index (χ3n) is 4.83. The van der Waals surface area contributed by atoms with Gasteiger partial charge in [-0.25, -0.2) is 4.39 Å². The summed E-state index contributed by atoms with van der Waals surface area (Å²) in [6.07, 6.45) is 0.0674. The molecule has 0 aliphatic rings. The van der Waals surface area contributed by atoms with Gasteiger partial charge in [0.15, 0.2) is 5.16 Å². The minimum atomic E-state index is -0.349. The van der Waals surface area contributed by atoms with Crippen LogP contribution < -0.4 is 10.6 Å². The summed E-state index contributed by atoms with van der Waals surface area (Å²) in [6.45, 7) is 5.73. The van der Waals surface area contributed by atoms with Crippen LogP contribution in [0.25, 0.3) is 0 Å². The monoisotopic (exact) mass is 441 g/mol. The molecule has 3 rings (SSSR count). The van der Waals surface area contributed by atoms with E-state index in [1.54, 1.807) is 18.5 Å². The van der Waals surface area contributed by atoms with Gasteiger partial charge in [0, 0.05) is 18.4 Å². The first-order valence-electron chi connectivity index (χ1n) is 9.67. The Morgan fingerprint density at radius 2 is 1.74 bits per heavy atom. The molecule has 0 fully saturated rings. The minimum Gasteiger partial charge on any atom is -0.326 e. The van der Waals surface area contributed by atoms with Gasteiger partial charge >= 0.3 is 0 Å². The van der Waals surface area contributed by atoms with Gasteiger partial charge in [-0.2, -0.15) is 0 Å². The summed E-state index contributed by atoms with van der Waals surface area (Å²) in [5, 5.41) is 14.3. The van der Waals surface area contributed by atoms with Crippen molar-refractivity contribution in [3.05, 3.63) is 64.7 Å². The van der Waals surface area contributed by atoms with Crippen LogP contribution in [0.3, 0.4) is 0 Å². The zero-order valence-electron chi connectivity index (χ0n) is 17.8. The van der Waals surface area contributed by atoms with E-state index in [1.807, 2.05) is 32.0 Å². The van der Waals surface area contributed by atoms with Crippen LogP contribution >= 0.6 is 11.8 Å². The molecule has 0 bridgehead atoms. The van der Waals surface area contributed by atoms with Gasteiger partial charge in [-0.3, -0.25) is 9.59 Å². The second-order valence-electron chi connectivity index (χ2n) is 7.28. The van der Waals surface area contributed by atoms with Crippen molar-refractivity contribution in [2.45, 2.75) is 32.3 Å². The average Bonchev–Trinajstić information content (AvgIpc) is 3.05. The zero-order chi connectivity index (χ0) is 22.5. The number of hydrogen-bond acceptors (Lipinski definition) is 5. The molecule has 0 saturated carbocycles. The molecule has 0 aliphatic carbocycles. The van der Waals surface area contributed by atoms with Crippen LogP contribution in [0, 0.1) is 26.6 Å². The second kappa shape index (κ2) is 9.74. The van der Waals surface area contributed by atoms with Gasteiger partial charge < -0.3 is 15.2 Å². The third-order valence-corrected chi connectivity index (χ3v) is 5.85. The molecule has 9 heteroatoms. The van der Waals surface area contributed by atoms with Crippen LogP contribution in [-0.2, 0) is 23.1 Å². The molecule has 0 radical (unpaired) electrons. The van der Waals surface area contributed by atoms with E-state index < -0.39 is 0 Å². The number of carbonyl (C=O) groups is 2. The predicted molar refractivity (Wildman–Crippen MR) is 120 cm³/mol. The highest BCUT2D eigenvalue weighted by molar-refractivity contribution is 7.99. The van der Waals surface area contributed by atoms with Gasteiger partial charge in [-0.1, -0.05) is 17.8 Å². The van der Waals surface area contributed by atoms with Crippen LogP contribution in [0.2, 0.25) is 0 Å². The van der Waals surface area contributed by atoms with E-state index in [2.05, 4.69) is 20.8 Å². The lowest BCUT2D eigenvalue weighted by Gasteiger charge is -2.09. The molecule has 2 amide bonds. The topological polar surface area (TPSA) is 88.9 Å². The number of benzene rings is 2. The molecule has 1 aromatic heterocycles. The molecule has 31 heavy (non-hydrogen) atoms. The SMILES string of the molecule is Cc1ccc(NC(=O)Cc2nnc(SCC(=O)Nc3ccc(F)cc3C)n2C)cc1C. The highest BCUT2D eigenvalue weighted by Gasteiger charge is 2.15. The lowest BCUT2D eigenvalue weighted by molar-refractivity contribution is -0.116. The van der Waals surface area contributed by atoms with Gasteiger partial charge in [-0.05, 0) is 67.8 Å². The first kappa shape index (κ1) is 22.5. The van der Waals surface area contributed by atoms with Crippen LogP contribution in [0.15, 0.2) is 41.6 Å². The second-order valence-corrected chi connectivity index (χ2v) is 8.22. The summed E-state index contributed by atoms with van der Waals surface area (Å²) in [7, 11) is 1.75. The Morgan fingerprint density at radius 1 is 0.968 bits per heavy atom. The van der Waals surface area contributed by atoms with Crippen molar-refractivity contribution < 1.29 is 14.0 Å². The predicted octanol–water partition coefficient (Wildman–Crippen LogP) is 3.79. The van der Waals surface area contributed by atoms with Crippen LogP contribution in [0.5, 0.6) is 0 Å². The maximum absolute atomic E-state index is 13.2. The molecule has 0 saturated heterocycles. The molecular weight excluding hydrogens is 417 g/mol. The van der Waals surface area contributed by atoms with E-state index in [1.165, 1.54) is 30.0 Å². The van der Waals surface area contributed by atoms with Crippen molar-refractivity contribution >= 4 is 35.0 Å². The number of nitrogens with one attached hydrogen (secondary N) is 2. The number of nitrogens with zero attached hydrogens (tertiary/aromatic N) is 3. The van der Waals surface area contributed by atoms with E-state index in [0.29, 0.717) is 22.2 Å². The number of carbonyl (C=O) groups excluding carboxylic acids is 2. The molecule has 3 aromatic rings. The maximum Gasteiger partial charge on any atom is 0.234 e. The fourth-order valence-corrected chi connectivity index (χ4v) is 3.61. The fourth-order valence-electron chi connectivity index (χ4n) is 2.88. The number of hydrogen-bond donors (Lipinski definition) is 2. The molecule has 7 nitrogen and oxygen atoms in total. The summed E-state index contributed by atoms with van der Waals surface area (Å²) in [4.78, 5) is 24.6. The Bertz CT molecular complexity index is 1130. The van der Waals surface area contributed by atoms with E-state index in [-0.39, 0.29) is 29.8 Å². The first-order valence-corrected chi connectivity index (χ1v) is 10.7. The number of halogens is 1. The molecule has 162 valence electrons. The fraction of sp³-hybridized carbons (Fsp3) is 0.273. The Hall–Kier alpha value is -3.20. The Morgan fingerprint density at radius 3 is 2.45 bits per heavy atom. The molecule has 0 unspecified atom stereocenters. The average molecular weight is 442 g/mol. The van der Waals surface area contributed by atoms with E-state index in [4.69, 9.17) is 0 Å². The summed E-state index contributed by atoms with van der Waals surface area (Å²) in [5.74, 6) is -0.175. The van der Waals surface area contributed by atoms with Crippen molar-refractivity contribution in [1.29, 1.82) is 0 Å². The van der Waals surface area contributed by atoms with E-state index >= 15 is 0 Å². The van der Waals surface area contributed by atoms with Gasteiger partial charge in [0.05, 0.1) is 12.2 Å². The van der Waals surface area contributed by atoms with Crippen molar-refractivity contribution in [1.82, 2.24) is 14.8 Å². The highest BCUT2D eigenvalue weighted by Crippen LogP contribution is 2.19. The standard InChI is InChI=1S/C22H24FN5O2S/c1-13-5-7-17(10-14(13)2)24-20(29)11-19-26-27-22(28(19)4)31-12-21(30)25-18-8-6-16(23)9-15(18)3/h5-10H,11-12H2,1-4H3,(H,24,29)(H,25,30). The third kappa shape index (κ3) is 5.91. The van der Waals surface area contributed by atoms with Gasteiger partial charge in [-0.15, -0.1) is 10.2 Å². The van der Waals surface area contributed by atoms with Crippen molar-refractivity contribution in [2.24, 2.45) is 7.05 Å². The largest absolute Gasteiger partial charge is 0.326 e. The molecule has 0 aliphatic heterocycles. The summed E-state index contributed by atoms with van der Waals surface area (Å²) in [5.41, 5.74) is 4.20. The number of rotatable bonds is 7. The Labute approximate surface area is 184 Å². The number of aryl methyl sites for hydroxylation is 3. The normalized spacial score (nSPS) is 10.7. The summed E-state index contributed by atoms with van der Waals surface area (Å²) < 4.78 is 14.9. The molecule has 0 spiro atoms. The van der Waals surface area contributed by atoms with Crippen LogP contribution in [-0.4, -0.2) is 32.3 Å². The lowest BCUT2D eigenvalue weighted by atomic mass is 10.1. The first-order chi connectivity index (χ1) is 14.7. The maximum atomic E-state index is 13.2. The molecular formula is C22H24FN5O2S. The Balaban J connectivity index is 1.55.